The molecule has 1 unspecified atom stereocenters. The highest BCUT2D eigenvalue weighted by Gasteiger charge is 2.17. The highest BCUT2D eigenvalue weighted by Crippen LogP contribution is 2.26. The zero-order valence-electron chi connectivity index (χ0n) is 13.5. The second kappa shape index (κ2) is 7.61. The molecule has 0 aliphatic heterocycles. The summed E-state index contributed by atoms with van der Waals surface area (Å²) in [5.74, 6) is 1.14. The Labute approximate surface area is 136 Å². The minimum Gasteiger partial charge on any atom is -0.313 e. The molecule has 0 radical (unpaired) electrons. The van der Waals surface area contributed by atoms with Gasteiger partial charge >= 0.3 is 0 Å². The Morgan fingerprint density at radius 1 is 1.29 bits per heavy atom. The van der Waals surface area contributed by atoms with Crippen LogP contribution in [0.4, 0.5) is 0 Å². The molecule has 2 aromatic rings. The van der Waals surface area contributed by atoms with Crippen molar-refractivity contribution in [3.05, 3.63) is 29.3 Å². The lowest BCUT2D eigenvalue weighted by atomic mass is 10.2. The van der Waals surface area contributed by atoms with Crippen molar-refractivity contribution >= 4 is 33.3 Å². The predicted molar refractivity (Wildman–Crippen MR) is 97.6 cm³/mol. The largest absolute Gasteiger partial charge is 0.313 e. The smallest absolute Gasteiger partial charge is 0.0954 e. The molecule has 0 bridgehead atoms. The summed E-state index contributed by atoms with van der Waals surface area (Å²) in [7, 11) is 0. The van der Waals surface area contributed by atoms with E-state index in [1.54, 1.807) is 0 Å². The number of nitrogens with one attached hydrogen (secondary N) is 1. The lowest BCUT2D eigenvalue weighted by Crippen LogP contribution is -2.35. The predicted octanol–water partition coefficient (Wildman–Crippen LogP) is 4.74. The Morgan fingerprint density at radius 2 is 2.05 bits per heavy atom. The second-order valence-corrected chi connectivity index (χ2v) is 9.32. The van der Waals surface area contributed by atoms with Crippen LogP contribution in [0.2, 0.25) is 0 Å². The van der Waals surface area contributed by atoms with Crippen LogP contribution in [0.25, 0.3) is 10.2 Å². The fourth-order valence-corrected chi connectivity index (χ4v) is 4.09. The molecule has 1 aromatic heterocycles. The number of nitrogens with zero attached hydrogens (tertiary/aromatic N) is 1. The third-order valence-corrected chi connectivity index (χ3v) is 5.65. The quantitative estimate of drug-likeness (QED) is 0.797. The monoisotopic (exact) mass is 322 g/mol. The van der Waals surface area contributed by atoms with Crippen molar-refractivity contribution < 1.29 is 0 Å². The van der Waals surface area contributed by atoms with Gasteiger partial charge in [0.05, 0.1) is 15.2 Å². The average molecular weight is 323 g/mol. The average Bonchev–Trinajstić information content (AvgIpc) is 2.83. The molecule has 21 heavy (non-hydrogen) atoms. The summed E-state index contributed by atoms with van der Waals surface area (Å²) < 4.78 is 1.62. The highest BCUT2D eigenvalue weighted by atomic mass is 32.2. The van der Waals surface area contributed by atoms with E-state index in [9.17, 15) is 0 Å². The Bertz CT molecular complexity index is 524. The Kier molecular flexibility index (Phi) is 6.08. The summed E-state index contributed by atoms with van der Waals surface area (Å²) >= 11 is 3.86. The topological polar surface area (TPSA) is 24.9 Å². The van der Waals surface area contributed by atoms with Gasteiger partial charge in [0, 0.05) is 23.0 Å². The number of rotatable bonds is 7. The first-order valence-electron chi connectivity index (χ1n) is 7.69. The van der Waals surface area contributed by atoms with Gasteiger partial charge in [0.1, 0.15) is 0 Å². The van der Waals surface area contributed by atoms with Gasteiger partial charge in [-0.05, 0) is 25.1 Å². The van der Waals surface area contributed by atoms with E-state index in [1.807, 2.05) is 23.1 Å². The first-order chi connectivity index (χ1) is 9.98. The van der Waals surface area contributed by atoms with Gasteiger partial charge in [0.2, 0.25) is 0 Å². The van der Waals surface area contributed by atoms with E-state index < -0.39 is 0 Å². The maximum absolute atomic E-state index is 4.77. The molecule has 1 atom stereocenters. The zero-order valence-corrected chi connectivity index (χ0v) is 15.1. The van der Waals surface area contributed by atoms with Crippen LogP contribution in [0.3, 0.4) is 0 Å². The molecule has 0 fully saturated rings. The van der Waals surface area contributed by atoms with E-state index in [2.05, 4.69) is 57.3 Å². The Hall–Kier alpha value is -0.580. The highest BCUT2D eigenvalue weighted by molar-refractivity contribution is 8.00. The van der Waals surface area contributed by atoms with Crippen molar-refractivity contribution in [3.8, 4) is 0 Å². The molecule has 1 heterocycles. The van der Waals surface area contributed by atoms with E-state index in [4.69, 9.17) is 4.98 Å². The maximum atomic E-state index is 4.77. The molecule has 0 spiro atoms. The zero-order chi connectivity index (χ0) is 15.3. The molecule has 2 rings (SSSR count). The number of fused-ring (bicyclic) bond motifs is 1. The molecular weight excluding hydrogens is 296 g/mol. The van der Waals surface area contributed by atoms with Crippen LogP contribution < -0.4 is 5.32 Å². The van der Waals surface area contributed by atoms with Crippen LogP contribution in [0, 0.1) is 0 Å². The third kappa shape index (κ3) is 5.61. The van der Waals surface area contributed by atoms with Crippen molar-refractivity contribution in [2.45, 2.75) is 51.3 Å². The van der Waals surface area contributed by atoms with Gasteiger partial charge in [-0.2, -0.15) is 11.8 Å². The van der Waals surface area contributed by atoms with E-state index >= 15 is 0 Å². The van der Waals surface area contributed by atoms with Crippen molar-refractivity contribution in [1.29, 1.82) is 0 Å². The molecule has 4 heteroatoms. The minimum atomic E-state index is 0.319. The van der Waals surface area contributed by atoms with Crippen LogP contribution >= 0.6 is 23.1 Å². The molecule has 0 saturated heterocycles. The van der Waals surface area contributed by atoms with Gasteiger partial charge in [-0.25, -0.2) is 4.98 Å². The van der Waals surface area contributed by atoms with Crippen molar-refractivity contribution in [1.82, 2.24) is 10.3 Å². The van der Waals surface area contributed by atoms with Gasteiger partial charge in [-0.3, -0.25) is 0 Å². The fraction of sp³-hybridized carbons (Fsp3) is 0.588. The summed E-state index contributed by atoms with van der Waals surface area (Å²) in [6.45, 7) is 10.2. The lowest BCUT2D eigenvalue weighted by Gasteiger charge is -2.23. The van der Waals surface area contributed by atoms with Crippen molar-refractivity contribution in [2.75, 3.05) is 12.3 Å². The van der Waals surface area contributed by atoms with Crippen LogP contribution in [0.1, 0.15) is 39.1 Å². The number of thioether (sulfide) groups is 1. The first kappa shape index (κ1) is 16.8. The molecule has 0 aliphatic carbocycles. The van der Waals surface area contributed by atoms with Gasteiger partial charge < -0.3 is 5.32 Å². The number of hydrogen-bond donors (Lipinski definition) is 1. The van der Waals surface area contributed by atoms with Crippen LogP contribution in [0.5, 0.6) is 0 Å². The van der Waals surface area contributed by atoms with Gasteiger partial charge in [0.25, 0.3) is 0 Å². The molecule has 0 amide bonds. The molecule has 1 aromatic carbocycles. The van der Waals surface area contributed by atoms with Gasteiger partial charge in [-0.1, -0.05) is 39.8 Å². The number of para-hydroxylation sites is 1. The van der Waals surface area contributed by atoms with Crippen LogP contribution in [-0.4, -0.2) is 28.1 Å². The molecule has 2 nitrogen and oxygen atoms in total. The number of hydrogen-bond acceptors (Lipinski definition) is 4. The summed E-state index contributed by atoms with van der Waals surface area (Å²) in [4.78, 5) is 4.77. The van der Waals surface area contributed by atoms with E-state index in [-0.39, 0.29) is 0 Å². The molecule has 116 valence electrons. The number of aromatic nitrogens is 1. The fourth-order valence-electron chi connectivity index (χ4n) is 2.11. The number of thiazole rings is 1. The Balaban J connectivity index is 2.02. The lowest BCUT2D eigenvalue weighted by molar-refractivity contribution is 0.548. The summed E-state index contributed by atoms with van der Waals surface area (Å²) in [5.41, 5.74) is 1.13. The summed E-state index contributed by atoms with van der Waals surface area (Å²) in [5, 5.41) is 4.93. The molecule has 1 N–H and O–H groups in total. The second-order valence-electron chi connectivity index (χ2n) is 6.35. The third-order valence-electron chi connectivity index (χ3n) is 3.16. The molecular formula is C17H26N2S2. The summed E-state index contributed by atoms with van der Waals surface area (Å²) in [6.07, 6.45) is 2.21. The maximum Gasteiger partial charge on any atom is 0.0954 e. The van der Waals surface area contributed by atoms with E-state index in [0.29, 0.717) is 10.8 Å². The van der Waals surface area contributed by atoms with Gasteiger partial charge in [0.15, 0.2) is 0 Å². The van der Waals surface area contributed by atoms with Crippen LogP contribution in [-0.2, 0) is 6.42 Å². The van der Waals surface area contributed by atoms with E-state index in [0.717, 1.165) is 24.2 Å². The first-order valence-corrected chi connectivity index (χ1v) is 9.50. The minimum absolute atomic E-state index is 0.319. The van der Waals surface area contributed by atoms with Crippen molar-refractivity contribution in [2.24, 2.45) is 0 Å². The van der Waals surface area contributed by atoms with Crippen molar-refractivity contribution in [3.63, 3.8) is 0 Å². The normalized spacial score (nSPS) is 13.7. The SMILES string of the molecule is CCCNC(CSC(C)(C)C)Cc1nc2ccccc2s1. The molecule has 0 aliphatic rings. The summed E-state index contributed by atoms with van der Waals surface area (Å²) in [6, 6.07) is 8.93. The van der Waals surface area contributed by atoms with Crippen LogP contribution in [0.15, 0.2) is 24.3 Å². The van der Waals surface area contributed by atoms with Gasteiger partial charge in [-0.15, -0.1) is 11.3 Å². The van der Waals surface area contributed by atoms with E-state index in [1.165, 1.54) is 16.1 Å². The number of benzene rings is 1. The molecule has 0 saturated carbocycles. The Morgan fingerprint density at radius 3 is 2.71 bits per heavy atom. The standard InChI is InChI=1S/C17H26N2S2/c1-5-10-18-13(12-20-17(2,3)4)11-16-19-14-8-6-7-9-15(14)21-16/h6-9,13,18H,5,10-12H2,1-4H3.